The molecule has 0 aliphatic carbocycles. The molecule has 1 aromatic rings. The van der Waals surface area contributed by atoms with Gasteiger partial charge in [-0.25, -0.2) is 4.98 Å². The van der Waals surface area contributed by atoms with Crippen molar-refractivity contribution in [2.75, 3.05) is 13.1 Å². The van der Waals surface area contributed by atoms with Gasteiger partial charge in [0.1, 0.15) is 10.8 Å². The smallest absolute Gasteiger partial charge is 0.135 e. The number of hydrogen-bond acceptors (Lipinski definition) is 3. The maximum atomic E-state index is 9.97. The van der Waals surface area contributed by atoms with Crippen molar-refractivity contribution in [2.24, 2.45) is 0 Å². The highest BCUT2D eigenvalue weighted by Gasteiger charge is 2.38. The molecule has 0 saturated carbocycles. The maximum absolute atomic E-state index is 9.97. The SMILES string of the molecule is Cc1ccc(C2(O)CNC2)c(Cl)n1. The van der Waals surface area contributed by atoms with Crippen molar-refractivity contribution in [1.82, 2.24) is 10.3 Å². The zero-order chi connectivity index (χ0) is 9.47. The van der Waals surface area contributed by atoms with Crippen molar-refractivity contribution in [3.05, 3.63) is 28.5 Å². The van der Waals surface area contributed by atoms with Gasteiger partial charge in [0.25, 0.3) is 0 Å². The van der Waals surface area contributed by atoms with Gasteiger partial charge in [0.15, 0.2) is 0 Å². The summed E-state index contributed by atoms with van der Waals surface area (Å²) in [6.07, 6.45) is 0. The third kappa shape index (κ3) is 1.43. The quantitative estimate of drug-likeness (QED) is 0.658. The van der Waals surface area contributed by atoms with Crippen LogP contribution in [0.1, 0.15) is 11.3 Å². The minimum atomic E-state index is -0.808. The van der Waals surface area contributed by atoms with Crippen molar-refractivity contribution in [3.8, 4) is 0 Å². The van der Waals surface area contributed by atoms with Gasteiger partial charge in [-0.2, -0.15) is 0 Å². The molecule has 1 aromatic heterocycles. The van der Waals surface area contributed by atoms with Crippen LogP contribution in [0.25, 0.3) is 0 Å². The molecular weight excluding hydrogens is 188 g/mol. The lowest BCUT2D eigenvalue weighted by atomic mass is 9.89. The highest BCUT2D eigenvalue weighted by atomic mass is 35.5. The molecule has 0 atom stereocenters. The zero-order valence-corrected chi connectivity index (χ0v) is 8.10. The van der Waals surface area contributed by atoms with E-state index in [4.69, 9.17) is 11.6 Å². The summed E-state index contributed by atoms with van der Waals surface area (Å²) in [7, 11) is 0. The Morgan fingerprint density at radius 3 is 2.69 bits per heavy atom. The number of hydrogen-bond donors (Lipinski definition) is 2. The molecule has 2 heterocycles. The maximum Gasteiger partial charge on any atom is 0.135 e. The lowest BCUT2D eigenvalue weighted by molar-refractivity contribution is -0.0148. The van der Waals surface area contributed by atoms with Crippen molar-refractivity contribution >= 4 is 11.6 Å². The van der Waals surface area contributed by atoms with Gasteiger partial charge in [-0.05, 0) is 13.0 Å². The van der Waals surface area contributed by atoms with Gasteiger partial charge in [0.2, 0.25) is 0 Å². The Morgan fingerprint density at radius 2 is 2.23 bits per heavy atom. The molecule has 0 spiro atoms. The first-order chi connectivity index (χ1) is 6.12. The van der Waals surface area contributed by atoms with Crippen LogP contribution in [-0.4, -0.2) is 23.2 Å². The lowest BCUT2D eigenvalue weighted by Crippen LogP contribution is -2.56. The topological polar surface area (TPSA) is 45.1 Å². The van der Waals surface area contributed by atoms with E-state index in [0.29, 0.717) is 18.2 Å². The van der Waals surface area contributed by atoms with Crippen LogP contribution < -0.4 is 5.32 Å². The standard InChI is InChI=1S/C9H11ClN2O/c1-6-2-3-7(8(10)12-6)9(13)4-11-5-9/h2-3,11,13H,4-5H2,1H3. The van der Waals surface area contributed by atoms with E-state index in [0.717, 1.165) is 11.3 Å². The van der Waals surface area contributed by atoms with E-state index in [-0.39, 0.29) is 0 Å². The number of pyridine rings is 1. The summed E-state index contributed by atoms with van der Waals surface area (Å²) in [4.78, 5) is 4.10. The van der Waals surface area contributed by atoms with E-state index in [1.54, 1.807) is 0 Å². The summed E-state index contributed by atoms with van der Waals surface area (Å²) in [5, 5.41) is 13.4. The van der Waals surface area contributed by atoms with Crippen LogP contribution in [-0.2, 0) is 5.60 Å². The fraction of sp³-hybridized carbons (Fsp3) is 0.444. The lowest BCUT2D eigenvalue weighted by Gasteiger charge is -2.38. The molecule has 1 aliphatic heterocycles. The second kappa shape index (κ2) is 2.94. The average molecular weight is 199 g/mol. The van der Waals surface area contributed by atoms with Gasteiger partial charge in [0, 0.05) is 24.3 Å². The van der Waals surface area contributed by atoms with E-state index in [2.05, 4.69) is 10.3 Å². The first-order valence-electron chi connectivity index (χ1n) is 4.18. The Hall–Kier alpha value is -0.640. The number of halogens is 1. The molecule has 0 unspecified atom stereocenters. The molecular formula is C9H11ClN2O. The fourth-order valence-electron chi connectivity index (χ4n) is 1.42. The number of aryl methyl sites for hydroxylation is 1. The van der Waals surface area contributed by atoms with E-state index >= 15 is 0 Å². The highest BCUT2D eigenvalue weighted by Crippen LogP contribution is 2.29. The number of aromatic nitrogens is 1. The molecule has 0 radical (unpaired) electrons. The molecule has 2 N–H and O–H groups in total. The molecule has 3 nitrogen and oxygen atoms in total. The Morgan fingerprint density at radius 1 is 1.54 bits per heavy atom. The van der Waals surface area contributed by atoms with Gasteiger partial charge >= 0.3 is 0 Å². The Kier molecular flexibility index (Phi) is 2.02. The minimum Gasteiger partial charge on any atom is -0.382 e. The van der Waals surface area contributed by atoms with E-state index in [9.17, 15) is 5.11 Å². The second-order valence-electron chi connectivity index (χ2n) is 3.43. The van der Waals surface area contributed by atoms with E-state index in [1.165, 1.54) is 0 Å². The van der Waals surface area contributed by atoms with E-state index < -0.39 is 5.60 Å². The molecule has 4 heteroatoms. The summed E-state index contributed by atoms with van der Waals surface area (Å²) in [6.45, 7) is 2.98. The van der Waals surface area contributed by atoms with Crippen LogP contribution in [0.3, 0.4) is 0 Å². The fourth-order valence-corrected chi connectivity index (χ4v) is 1.80. The van der Waals surface area contributed by atoms with Gasteiger partial charge in [-0.1, -0.05) is 17.7 Å². The number of nitrogens with one attached hydrogen (secondary N) is 1. The van der Waals surface area contributed by atoms with Crippen LogP contribution in [0.2, 0.25) is 5.15 Å². The molecule has 13 heavy (non-hydrogen) atoms. The molecule has 0 bridgehead atoms. The molecule has 2 rings (SSSR count). The molecule has 1 fully saturated rings. The number of β-amino-alcohol motifs (C(OH)–C–C–N with tert-alkyl or cyclic N) is 1. The minimum absolute atomic E-state index is 0.406. The van der Waals surface area contributed by atoms with Crippen LogP contribution in [0.4, 0.5) is 0 Å². The number of rotatable bonds is 1. The second-order valence-corrected chi connectivity index (χ2v) is 3.78. The summed E-state index contributed by atoms with van der Waals surface area (Å²) < 4.78 is 0. The Balaban J connectivity index is 2.40. The van der Waals surface area contributed by atoms with E-state index in [1.807, 2.05) is 19.1 Å². The highest BCUT2D eigenvalue weighted by molar-refractivity contribution is 6.30. The predicted molar refractivity (Wildman–Crippen MR) is 50.8 cm³/mol. The molecule has 0 amide bonds. The third-order valence-electron chi connectivity index (χ3n) is 2.32. The van der Waals surface area contributed by atoms with Crippen LogP contribution in [0.5, 0.6) is 0 Å². The van der Waals surface area contributed by atoms with Gasteiger partial charge in [0.05, 0.1) is 0 Å². The summed E-state index contributed by atoms with van der Waals surface area (Å²) in [5.41, 5.74) is 0.778. The van der Waals surface area contributed by atoms with Crippen LogP contribution >= 0.6 is 11.6 Å². The monoisotopic (exact) mass is 198 g/mol. The van der Waals surface area contributed by atoms with Gasteiger partial charge in [-0.3, -0.25) is 0 Å². The average Bonchev–Trinajstić information content (AvgIpc) is 2.00. The summed E-state index contributed by atoms with van der Waals surface area (Å²) in [6, 6.07) is 3.70. The third-order valence-corrected chi connectivity index (χ3v) is 2.61. The molecule has 0 aromatic carbocycles. The zero-order valence-electron chi connectivity index (χ0n) is 7.34. The Bertz CT molecular complexity index is 336. The molecule has 1 aliphatic rings. The van der Waals surface area contributed by atoms with Gasteiger partial charge < -0.3 is 10.4 Å². The molecule has 70 valence electrons. The van der Waals surface area contributed by atoms with Crippen molar-refractivity contribution < 1.29 is 5.11 Å². The van der Waals surface area contributed by atoms with Crippen LogP contribution in [0.15, 0.2) is 12.1 Å². The summed E-state index contributed by atoms with van der Waals surface area (Å²) >= 11 is 5.93. The molecule has 1 saturated heterocycles. The normalized spacial score (nSPS) is 19.6. The van der Waals surface area contributed by atoms with Crippen molar-refractivity contribution in [2.45, 2.75) is 12.5 Å². The number of nitrogens with zero attached hydrogens (tertiary/aromatic N) is 1. The number of aliphatic hydroxyl groups is 1. The first-order valence-corrected chi connectivity index (χ1v) is 4.56. The van der Waals surface area contributed by atoms with Crippen molar-refractivity contribution in [3.63, 3.8) is 0 Å². The first kappa shape index (κ1) is 8.94. The summed E-state index contributed by atoms with van der Waals surface area (Å²) in [5.74, 6) is 0. The predicted octanol–water partition coefficient (Wildman–Crippen LogP) is 0.834. The van der Waals surface area contributed by atoms with Crippen LogP contribution in [0, 0.1) is 6.92 Å². The van der Waals surface area contributed by atoms with Crippen molar-refractivity contribution in [1.29, 1.82) is 0 Å². The Labute approximate surface area is 81.8 Å². The largest absolute Gasteiger partial charge is 0.382 e. The van der Waals surface area contributed by atoms with Gasteiger partial charge in [-0.15, -0.1) is 0 Å².